The molecule has 0 N–H and O–H groups in total. The summed E-state index contributed by atoms with van der Waals surface area (Å²) in [7, 11) is 0. The lowest BCUT2D eigenvalue weighted by atomic mass is 10.1. The number of nitro groups is 1. The standard InChI is InChI=1S/C16H11ClN2O4S/c1-9-10-4-2-3-5-11(10)18-12(15(9)17)8-23-16(20)13-6-7-14(24-13)19(21)22/h2-7H,8H2,1H3. The van der Waals surface area contributed by atoms with Crippen LogP contribution < -0.4 is 0 Å². The van der Waals surface area contributed by atoms with Gasteiger partial charge in [-0.15, -0.1) is 0 Å². The van der Waals surface area contributed by atoms with Crippen molar-refractivity contribution in [2.75, 3.05) is 0 Å². The van der Waals surface area contributed by atoms with Crippen molar-refractivity contribution in [1.82, 2.24) is 4.98 Å². The lowest BCUT2D eigenvalue weighted by Crippen LogP contribution is -2.05. The molecule has 6 nitrogen and oxygen atoms in total. The van der Waals surface area contributed by atoms with Crippen molar-refractivity contribution in [2.24, 2.45) is 0 Å². The van der Waals surface area contributed by atoms with Crippen LogP contribution in [0.5, 0.6) is 0 Å². The Balaban J connectivity index is 1.81. The molecule has 3 aromatic rings. The van der Waals surface area contributed by atoms with Crippen LogP contribution in [0.25, 0.3) is 10.9 Å². The number of rotatable bonds is 4. The Labute approximate surface area is 145 Å². The highest BCUT2D eigenvalue weighted by Crippen LogP contribution is 2.28. The van der Waals surface area contributed by atoms with Crippen LogP contribution in [0.3, 0.4) is 0 Å². The average Bonchev–Trinajstić information content (AvgIpc) is 3.07. The van der Waals surface area contributed by atoms with E-state index in [-0.39, 0.29) is 16.5 Å². The van der Waals surface area contributed by atoms with Crippen molar-refractivity contribution in [2.45, 2.75) is 13.5 Å². The molecule has 2 heterocycles. The fourth-order valence-corrected chi connectivity index (χ4v) is 3.17. The van der Waals surface area contributed by atoms with E-state index in [9.17, 15) is 14.9 Å². The molecule has 0 aliphatic rings. The van der Waals surface area contributed by atoms with Gasteiger partial charge in [-0.3, -0.25) is 10.1 Å². The summed E-state index contributed by atoms with van der Waals surface area (Å²) < 4.78 is 5.19. The van der Waals surface area contributed by atoms with Gasteiger partial charge in [0.1, 0.15) is 11.5 Å². The topological polar surface area (TPSA) is 82.3 Å². The molecule has 0 unspecified atom stereocenters. The Morgan fingerprint density at radius 1 is 1.33 bits per heavy atom. The summed E-state index contributed by atoms with van der Waals surface area (Å²) in [5.41, 5.74) is 2.07. The normalized spacial score (nSPS) is 10.8. The smallest absolute Gasteiger partial charge is 0.348 e. The molecule has 122 valence electrons. The number of pyridine rings is 1. The first kappa shape index (κ1) is 16.4. The number of fused-ring (bicyclic) bond motifs is 1. The molecular formula is C16H11ClN2O4S. The number of aromatic nitrogens is 1. The summed E-state index contributed by atoms with van der Waals surface area (Å²) >= 11 is 7.07. The van der Waals surface area contributed by atoms with Crippen LogP contribution >= 0.6 is 22.9 Å². The van der Waals surface area contributed by atoms with E-state index in [1.807, 2.05) is 31.2 Å². The largest absolute Gasteiger partial charge is 0.455 e. The molecule has 1 aromatic carbocycles. The lowest BCUT2D eigenvalue weighted by Gasteiger charge is -2.10. The highest BCUT2D eigenvalue weighted by atomic mass is 35.5. The van der Waals surface area contributed by atoms with Crippen molar-refractivity contribution in [3.63, 3.8) is 0 Å². The van der Waals surface area contributed by atoms with Gasteiger partial charge in [0.2, 0.25) is 0 Å². The van der Waals surface area contributed by atoms with Crippen molar-refractivity contribution in [3.8, 4) is 0 Å². The third kappa shape index (κ3) is 3.08. The summed E-state index contributed by atoms with van der Waals surface area (Å²) in [6.07, 6.45) is 0. The molecule has 3 rings (SSSR count). The van der Waals surface area contributed by atoms with Crippen LogP contribution in [0.15, 0.2) is 36.4 Å². The molecule has 0 fully saturated rings. The zero-order chi connectivity index (χ0) is 17.3. The summed E-state index contributed by atoms with van der Waals surface area (Å²) in [5, 5.41) is 11.9. The third-order valence-electron chi connectivity index (χ3n) is 3.46. The molecule has 0 bridgehead atoms. The number of carbonyl (C=O) groups is 1. The number of para-hydroxylation sites is 1. The molecule has 0 aliphatic heterocycles. The van der Waals surface area contributed by atoms with Crippen molar-refractivity contribution >= 4 is 44.8 Å². The predicted molar refractivity (Wildman–Crippen MR) is 91.6 cm³/mol. The van der Waals surface area contributed by atoms with Crippen LogP contribution in [0.2, 0.25) is 5.02 Å². The molecule has 0 aliphatic carbocycles. The van der Waals surface area contributed by atoms with E-state index in [4.69, 9.17) is 16.3 Å². The molecule has 24 heavy (non-hydrogen) atoms. The minimum absolute atomic E-state index is 0.102. The maximum Gasteiger partial charge on any atom is 0.348 e. The maximum absolute atomic E-state index is 12.0. The minimum atomic E-state index is -0.642. The molecule has 2 aromatic heterocycles. The average molecular weight is 363 g/mol. The van der Waals surface area contributed by atoms with E-state index < -0.39 is 10.9 Å². The molecule has 0 amide bonds. The second kappa shape index (κ2) is 6.54. The van der Waals surface area contributed by atoms with Gasteiger partial charge in [0.25, 0.3) is 0 Å². The second-order valence-corrected chi connectivity index (χ2v) is 6.43. The first-order valence-electron chi connectivity index (χ1n) is 6.92. The zero-order valence-corrected chi connectivity index (χ0v) is 14.1. The number of nitrogens with zero attached hydrogens (tertiary/aromatic N) is 2. The first-order chi connectivity index (χ1) is 11.5. The van der Waals surface area contributed by atoms with Crippen LogP contribution in [0.4, 0.5) is 5.00 Å². The number of halogens is 1. The highest BCUT2D eigenvalue weighted by molar-refractivity contribution is 7.17. The number of hydrogen-bond acceptors (Lipinski definition) is 6. The predicted octanol–water partition coefficient (Wildman–Crippen LogP) is 4.52. The Morgan fingerprint density at radius 2 is 2.08 bits per heavy atom. The number of thiophene rings is 1. The van der Waals surface area contributed by atoms with E-state index >= 15 is 0 Å². The zero-order valence-electron chi connectivity index (χ0n) is 12.5. The van der Waals surface area contributed by atoms with Gasteiger partial charge in [-0.1, -0.05) is 41.1 Å². The number of aryl methyl sites for hydroxylation is 1. The molecule has 0 radical (unpaired) electrons. The molecule has 0 saturated heterocycles. The quantitative estimate of drug-likeness (QED) is 0.387. The lowest BCUT2D eigenvalue weighted by molar-refractivity contribution is -0.380. The van der Waals surface area contributed by atoms with Gasteiger partial charge < -0.3 is 4.74 Å². The Kier molecular flexibility index (Phi) is 4.46. The van der Waals surface area contributed by atoms with E-state index in [2.05, 4.69) is 4.98 Å². The van der Waals surface area contributed by atoms with Gasteiger partial charge in [-0.05, 0) is 24.6 Å². The summed E-state index contributed by atoms with van der Waals surface area (Å²) in [6, 6.07) is 10.2. The van der Waals surface area contributed by atoms with E-state index in [0.29, 0.717) is 10.7 Å². The highest BCUT2D eigenvalue weighted by Gasteiger charge is 2.18. The minimum Gasteiger partial charge on any atom is -0.455 e. The van der Waals surface area contributed by atoms with Gasteiger partial charge in [-0.2, -0.15) is 0 Å². The Bertz CT molecular complexity index is 954. The number of ether oxygens (including phenoxy) is 1. The molecule has 0 atom stereocenters. The van der Waals surface area contributed by atoms with Gasteiger partial charge in [0.15, 0.2) is 0 Å². The fraction of sp³-hybridized carbons (Fsp3) is 0.125. The first-order valence-corrected chi connectivity index (χ1v) is 8.12. The van der Waals surface area contributed by atoms with E-state index in [1.165, 1.54) is 12.1 Å². The second-order valence-electron chi connectivity index (χ2n) is 4.99. The van der Waals surface area contributed by atoms with Gasteiger partial charge in [0, 0.05) is 11.5 Å². The van der Waals surface area contributed by atoms with Crippen LogP contribution in [0, 0.1) is 17.0 Å². The van der Waals surface area contributed by atoms with Gasteiger partial charge in [-0.25, -0.2) is 9.78 Å². The Morgan fingerprint density at radius 3 is 2.79 bits per heavy atom. The number of benzene rings is 1. The van der Waals surface area contributed by atoms with Crippen molar-refractivity contribution in [3.05, 3.63) is 67.7 Å². The third-order valence-corrected chi connectivity index (χ3v) is 4.98. The molecule has 0 spiro atoms. The fourth-order valence-electron chi connectivity index (χ4n) is 2.25. The summed E-state index contributed by atoms with van der Waals surface area (Å²) in [4.78, 5) is 26.7. The van der Waals surface area contributed by atoms with Crippen molar-refractivity contribution in [1.29, 1.82) is 0 Å². The molecular weight excluding hydrogens is 352 g/mol. The van der Waals surface area contributed by atoms with Crippen LogP contribution in [-0.4, -0.2) is 15.9 Å². The van der Waals surface area contributed by atoms with E-state index in [0.717, 1.165) is 27.8 Å². The van der Waals surface area contributed by atoms with Gasteiger partial charge >= 0.3 is 11.0 Å². The van der Waals surface area contributed by atoms with Gasteiger partial charge in [0.05, 0.1) is 21.2 Å². The SMILES string of the molecule is Cc1c(Cl)c(COC(=O)c2ccc([N+](=O)[O-])s2)nc2ccccc12. The van der Waals surface area contributed by atoms with Crippen molar-refractivity contribution < 1.29 is 14.5 Å². The monoisotopic (exact) mass is 362 g/mol. The number of esters is 1. The van der Waals surface area contributed by atoms with Crippen LogP contribution in [0.1, 0.15) is 20.9 Å². The molecule has 0 saturated carbocycles. The number of carbonyl (C=O) groups excluding carboxylic acids is 1. The molecule has 8 heteroatoms. The maximum atomic E-state index is 12.0. The summed E-state index contributed by atoms with van der Waals surface area (Å²) in [6.45, 7) is 1.77. The number of hydrogen-bond donors (Lipinski definition) is 0. The van der Waals surface area contributed by atoms with E-state index in [1.54, 1.807) is 0 Å². The van der Waals surface area contributed by atoms with Crippen LogP contribution in [-0.2, 0) is 11.3 Å². The summed E-state index contributed by atoms with van der Waals surface area (Å²) in [5.74, 6) is -0.642. The Hall–Kier alpha value is -2.51.